The molecule has 1 atom stereocenters. The lowest BCUT2D eigenvalue weighted by molar-refractivity contribution is -0.140. The average Bonchev–Trinajstić information content (AvgIpc) is 3.31. The van der Waals surface area contributed by atoms with Crippen LogP contribution in [-0.2, 0) is 19.7 Å². The van der Waals surface area contributed by atoms with Crippen molar-refractivity contribution >= 4 is 17.6 Å². The molecule has 3 rings (SSSR count). The van der Waals surface area contributed by atoms with Gasteiger partial charge in [-0.25, -0.2) is 0 Å². The summed E-state index contributed by atoms with van der Waals surface area (Å²) in [5.41, 5.74) is 0.755. The molecular weight excluding hydrogens is 272 g/mol. The van der Waals surface area contributed by atoms with Gasteiger partial charge in [-0.3, -0.25) is 9.59 Å². The predicted molar refractivity (Wildman–Crippen MR) is 76.2 cm³/mol. The summed E-state index contributed by atoms with van der Waals surface area (Å²) in [5, 5.41) is 15.1. The molecule has 21 heavy (non-hydrogen) atoms. The Morgan fingerprint density at radius 3 is 2.52 bits per heavy atom. The third-order valence-electron chi connectivity index (χ3n) is 4.10. The molecule has 0 bridgehead atoms. The molecule has 6 heteroatoms. The lowest BCUT2D eigenvalue weighted by Gasteiger charge is -2.23. The summed E-state index contributed by atoms with van der Waals surface area (Å²) in [6.45, 7) is 1.65. The first kappa shape index (κ1) is 14.0. The minimum Gasteiger partial charge on any atom is -0.481 e. The van der Waals surface area contributed by atoms with E-state index >= 15 is 0 Å². The van der Waals surface area contributed by atoms with Crippen LogP contribution in [0.25, 0.3) is 0 Å². The second-order valence-electron chi connectivity index (χ2n) is 5.54. The van der Waals surface area contributed by atoms with Gasteiger partial charge in [0.1, 0.15) is 6.04 Å². The highest BCUT2D eigenvalue weighted by Crippen LogP contribution is 2.48. The van der Waals surface area contributed by atoms with Crippen molar-refractivity contribution in [3.05, 3.63) is 29.8 Å². The van der Waals surface area contributed by atoms with Crippen LogP contribution in [0.3, 0.4) is 0 Å². The van der Waals surface area contributed by atoms with Gasteiger partial charge in [-0.05, 0) is 30.5 Å². The van der Waals surface area contributed by atoms with E-state index in [0.717, 1.165) is 5.56 Å². The molecule has 2 aliphatic rings. The molecule has 1 unspecified atom stereocenters. The van der Waals surface area contributed by atoms with Gasteiger partial charge in [-0.15, -0.1) is 0 Å². The molecule has 1 aliphatic heterocycles. The largest absolute Gasteiger partial charge is 0.481 e. The van der Waals surface area contributed by atoms with E-state index in [0.29, 0.717) is 38.3 Å². The van der Waals surface area contributed by atoms with Crippen molar-refractivity contribution in [2.24, 2.45) is 0 Å². The van der Waals surface area contributed by atoms with Crippen molar-refractivity contribution in [2.75, 3.05) is 25.1 Å². The molecule has 0 radical (unpaired) electrons. The van der Waals surface area contributed by atoms with Gasteiger partial charge in [0.05, 0.1) is 18.6 Å². The highest BCUT2D eigenvalue weighted by atomic mass is 16.5. The number of amides is 1. The van der Waals surface area contributed by atoms with E-state index in [9.17, 15) is 14.7 Å². The second-order valence-corrected chi connectivity index (χ2v) is 5.54. The van der Waals surface area contributed by atoms with Gasteiger partial charge in [0.15, 0.2) is 0 Å². The van der Waals surface area contributed by atoms with Crippen LogP contribution in [0.4, 0.5) is 5.69 Å². The Kier molecular flexibility index (Phi) is 3.65. The molecule has 1 amide bonds. The Bertz CT molecular complexity index is 545. The number of carboxylic acids is 1. The zero-order valence-electron chi connectivity index (χ0n) is 11.6. The Hall–Kier alpha value is -1.92. The number of anilines is 1. The number of aliphatic carboxylic acids is 1. The topological polar surface area (TPSA) is 87.7 Å². The normalized spacial score (nSPS) is 23.3. The summed E-state index contributed by atoms with van der Waals surface area (Å²) in [6.07, 6.45) is 1.36. The average molecular weight is 290 g/mol. The number of ether oxygens (including phenoxy) is 1. The summed E-state index contributed by atoms with van der Waals surface area (Å²) in [5.74, 6) is -0.912. The standard InChI is InChI=1S/C15H18N2O4/c18-13(12-9-21-8-7-16-12)17-11-3-1-10(2-4-11)15(5-6-15)14(19)20/h1-4,12,16H,5-9H2,(H,17,18)(H,19,20). The van der Waals surface area contributed by atoms with Crippen molar-refractivity contribution in [3.63, 3.8) is 0 Å². The number of morpholine rings is 1. The fraction of sp³-hybridized carbons (Fsp3) is 0.467. The summed E-state index contributed by atoms with van der Waals surface area (Å²) in [6, 6.07) is 6.72. The van der Waals surface area contributed by atoms with E-state index in [4.69, 9.17) is 4.74 Å². The van der Waals surface area contributed by atoms with Crippen LogP contribution in [0.2, 0.25) is 0 Å². The van der Waals surface area contributed by atoms with Gasteiger partial charge >= 0.3 is 5.97 Å². The second kappa shape index (κ2) is 5.46. The highest BCUT2D eigenvalue weighted by Gasteiger charge is 2.51. The molecule has 2 fully saturated rings. The van der Waals surface area contributed by atoms with Crippen LogP contribution in [0.1, 0.15) is 18.4 Å². The fourth-order valence-electron chi connectivity index (χ4n) is 2.59. The SMILES string of the molecule is O=C(Nc1ccc(C2(C(=O)O)CC2)cc1)C1COCCN1. The number of carboxylic acid groups (broad SMARTS) is 1. The van der Waals surface area contributed by atoms with Gasteiger partial charge in [0.2, 0.25) is 5.91 Å². The Morgan fingerprint density at radius 2 is 2.00 bits per heavy atom. The zero-order chi connectivity index (χ0) is 14.9. The van der Waals surface area contributed by atoms with E-state index in [1.807, 2.05) is 0 Å². The van der Waals surface area contributed by atoms with Crippen LogP contribution in [0.15, 0.2) is 24.3 Å². The number of hydrogen-bond donors (Lipinski definition) is 3. The third-order valence-corrected chi connectivity index (χ3v) is 4.10. The molecule has 0 spiro atoms. The summed E-state index contributed by atoms with van der Waals surface area (Å²) >= 11 is 0. The Morgan fingerprint density at radius 1 is 1.29 bits per heavy atom. The number of benzene rings is 1. The van der Waals surface area contributed by atoms with Crippen LogP contribution in [0, 0.1) is 0 Å². The molecule has 1 saturated carbocycles. The molecule has 1 aliphatic carbocycles. The molecule has 1 saturated heterocycles. The molecule has 0 aromatic heterocycles. The molecule has 6 nitrogen and oxygen atoms in total. The summed E-state index contributed by atoms with van der Waals surface area (Å²) in [4.78, 5) is 23.3. The summed E-state index contributed by atoms with van der Waals surface area (Å²) < 4.78 is 5.25. The van der Waals surface area contributed by atoms with Crippen LogP contribution in [0.5, 0.6) is 0 Å². The first-order valence-corrected chi connectivity index (χ1v) is 7.08. The van der Waals surface area contributed by atoms with Gasteiger partial charge in [0, 0.05) is 12.2 Å². The maximum absolute atomic E-state index is 12.0. The molecule has 3 N–H and O–H groups in total. The molecule has 1 aromatic carbocycles. The zero-order valence-corrected chi connectivity index (χ0v) is 11.6. The molecular formula is C15H18N2O4. The number of hydrogen-bond acceptors (Lipinski definition) is 4. The summed E-state index contributed by atoms with van der Waals surface area (Å²) in [7, 11) is 0. The van der Waals surface area contributed by atoms with Crippen molar-refractivity contribution in [1.82, 2.24) is 5.32 Å². The third kappa shape index (κ3) is 2.77. The Labute approximate surface area is 122 Å². The van der Waals surface area contributed by atoms with Gasteiger partial charge in [0.25, 0.3) is 0 Å². The van der Waals surface area contributed by atoms with Crippen molar-refractivity contribution in [1.29, 1.82) is 0 Å². The van der Waals surface area contributed by atoms with E-state index in [2.05, 4.69) is 10.6 Å². The van der Waals surface area contributed by atoms with Crippen LogP contribution < -0.4 is 10.6 Å². The molecule has 112 valence electrons. The van der Waals surface area contributed by atoms with E-state index < -0.39 is 11.4 Å². The number of rotatable bonds is 4. The monoisotopic (exact) mass is 290 g/mol. The van der Waals surface area contributed by atoms with Gasteiger partial charge in [-0.1, -0.05) is 12.1 Å². The lowest BCUT2D eigenvalue weighted by Crippen LogP contribution is -2.48. The number of carbonyl (C=O) groups excluding carboxylic acids is 1. The van der Waals surface area contributed by atoms with Crippen molar-refractivity contribution in [2.45, 2.75) is 24.3 Å². The smallest absolute Gasteiger partial charge is 0.314 e. The maximum atomic E-state index is 12.0. The highest BCUT2D eigenvalue weighted by molar-refractivity contribution is 5.95. The minimum absolute atomic E-state index is 0.137. The number of carbonyl (C=O) groups is 2. The number of nitrogens with one attached hydrogen (secondary N) is 2. The maximum Gasteiger partial charge on any atom is 0.314 e. The van der Waals surface area contributed by atoms with Gasteiger partial charge < -0.3 is 20.5 Å². The Balaban J connectivity index is 1.65. The van der Waals surface area contributed by atoms with Crippen molar-refractivity contribution in [3.8, 4) is 0 Å². The van der Waals surface area contributed by atoms with Crippen molar-refractivity contribution < 1.29 is 19.4 Å². The lowest BCUT2D eigenvalue weighted by atomic mass is 9.96. The van der Waals surface area contributed by atoms with Crippen LogP contribution in [-0.4, -0.2) is 42.8 Å². The molecule has 1 aromatic rings. The van der Waals surface area contributed by atoms with Crippen LogP contribution >= 0.6 is 0 Å². The first-order chi connectivity index (χ1) is 10.1. The fourth-order valence-corrected chi connectivity index (χ4v) is 2.59. The molecule has 1 heterocycles. The minimum atomic E-state index is -0.775. The first-order valence-electron chi connectivity index (χ1n) is 7.08. The van der Waals surface area contributed by atoms with E-state index in [1.165, 1.54) is 0 Å². The predicted octanol–water partition coefficient (Wildman–Crippen LogP) is 0.730. The van der Waals surface area contributed by atoms with Gasteiger partial charge in [-0.2, -0.15) is 0 Å². The quantitative estimate of drug-likeness (QED) is 0.761. The van der Waals surface area contributed by atoms with E-state index in [1.54, 1.807) is 24.3 Å². The van der Waals surface area contributed by atoms with E-state index in [-0.39, 0.29) is 11.9 Å².